The van der Waals surface area contributed by atoms with Gasteiger partial charge in [-0.05, 0) is 25.3 Å². The van der Waals surface area contributed by atoms with Gasteiger partial charge in [-0.15, -0.1) is 0 Å². The third-order valence-electron chi connectivity index (χ3n) is 3.47. The van der Waals surface area contributed by atoms with Crippen molar-refractivity contribution in [2.45, 2.75) is 43.1 Å². The molecule has 0 bridgehead atoms. The summed E-state index contributed by atoms with van der Waals surface area (Å²) in [6, 6.07) is 9.34. The van der Waals surface area contributed by atoms with Gasteiger partial charge in [0, 0.05) is 16.0 Å². The van der Waals surface area contributed by atoms with Crippen LogP contribution >= 0.6 is 0 Å². The smallest absolute Gasteiger partial charge is 0.326 e. The molecule has 1 aliphatic rings. The van der Waals surface area contributed by atoms with Crippen LogP contribution in [0, 0.1) is 0 Å². The summed E-state index contributed by atoms with van der Waals surface area (Å²) in [6.45, 7) is 2.10. The van der Waals surface area contributed by atoms with Gasteiger partial charge < -0.3 is 4.74 Å². The summed E-state index contributed by atoms with van der Waals surface area (Å²) in [5.74, 6) is -0.362. The maximum atomic E-state index is 12.7. The van der Waals surface area contributed by atoms with E-state index >= 15 is 0 Å². The highest BCUT2D eigenvalue weighted by Gasteiger charge is 2.34. The Hall–Kier alpha value is -1.16. The van der Waals surface area contributed by atoms with Crippen LogP contribution in [0.1, 0.15) is 43.4 Å². The first-order valence-corrected chi connectivity index (χ1v) is 8.12. The molecule has 2 unspecified atom stereocenters. The lowest BCUT2D eigenvalue weighted by Gasteiger charge is -2.19. The number of ether oxygens (including phenoxy) is 1. The molecule has 0 aromatic heterocycles. The Balaban J connectivity index is 2.23. The lowest BCUT2D eigenvalue weighted by atomic mass is 10.1. The first-order chi connectivity index (χ1) is 9.24. The number of hydrogen-bond acceptors (Lipinski definition) is 3. The van der Waals surface area contributed by atoms with Crippen LogP contribution in [0.25, 0.3) is 0 Å². The second-order valence-electron chi connectivity index (χ2n) is 4.78. The van der Waals surface area contributed by atoms with Crippen molar-refractivity contribution in [1.82, 2.24) is 0 Å². The van der Waals surface area contributed by atoms with Gasteiger partial charge in [0.2, 0.25) is 0 Å². The Kier molecular flexibility index (Phi) is 5.14. The topological polar surface area (TPSA) is 43.4 Å². The first-order valence-electron chi connectivity index (χ1n) is 6.85. The van der Waals surface area contributed by atoms with Crippen LogP contribution in [0.3, 0.4) is 0 Å². The maximum absolute atomic E-state index is 12.7. The van der Waals surface area contributed by atoms with Gasteiger partial charge in [0.15, 0.2) is 5.25 Å². The highest BCUT2D eigenvalue weighted by molar-refractivity contribution is 7.86. The zero-order chi connectivity index (χ0) is 13.7. The predicted molar refractivity (Wildman–Crippen MR) is 76.2 cm³/mol. The van der Waals surface area contributed by atoms with Gasteiger partial charge in [-0.2, -0.15) is 0 Å². The molecule has 1 aliphatic carbocycles. The molecule has 0 N–H and O–H groups in total. The van der Waals surface area contributed by atoms with Crippen LogP contribution in [-0.2, 0) is 20.3 Å². The molecule has 4 heteroatoms. The van der Waals surface area contributed by atoms with Crippen molar-refractivity contribution in [2.24, 2.45) is 0 Å². The van der Waals surface area contributed by atoms with Crippen LogP contribution in [0.2, 0.25) is 0 Å². The first kappa shape index (κ1) is 14.3. The number of rotatable bonds is 5. The summed E-state index contributed by atoms with van der Waals surface area (Å²) in [4.78, 5) is 12.1. The second-order valence-corrected chi connectivity index (χ2v) is 6.57. The molecule has 2 atom stereocenters. The average Bonchev–Trinajstić information content (AvgIpc) is 2.94. The molecule has 3 nitrogen and oxygen atoms in total. The zero-order valence-electron chi connectivity index (χ0n) is 11.2. The van der Waals surface area contributed by atoms with Crippen LogP contribution < -0.4 is 0 Å². The number of carbonyl (C=O) groups is 1. The van der Waals surface area contributed by atoms with E-state index in [1.165, 1.54) is 0 Å². The molecule has 1 fully saturated rings. The van der Waals surface area contributed by atoms with E-state index < -0.39 is 16.0 Å². The summed E-state index contributed by atoms with van der Waals surface area (Å²) in [6.07, 6.45) is 4.13. The van der Waals surface area contributed by atoms with Crippen molar-refractivity contribution in [1.29, 1.82) is 0 Å². The van der Waals surface area contributed by atoms with E-state index in [1.54, 1.807) is 6.92 Å². The Morgan fingerprint density at radius 1 is 1.32 bits per heavy atom. The summed E-state index contributed by atoms with van der Waals surface area (Å²) in [7, 11) is -1.19. The van der Waals surface area contributed by atoms with Gasteiger partial charge in [-0.1, -0.05) is 43.2 Å². The monoisotopic (exact) mass is 280 g/mol. The van der Waals surface area contributed by atoms with Gasteiger partial charge in [-0.3, -0.25) is 9.00 Å². The lowest BCUT2D eigenvalue weighted by Crippen LogP contribution is -2.26. The van der Waals surface area contributed by atoms with Crippen molar-refractivity contribution in [3.05, 3.63) is 35.9 Å². The molecule has 0 amide bonds. The predicted octanol–water partition coefficient (Wildman–Crippen LogP) is 2.98. The second kappa shape index (κ2) is 6.85. The number of esters is 1. The third kappa shape index (κ3) is 3.44. The minimum absolute atomic E-state index is 0.134. The standard InChI is InChI=1S/C15H20O3S/c1-2-18-15(16)14(12-8-4-3-5-9-12)19(17)13-10-6-7-11-13/h3-5,8-9,13-14H,2,6-7,10-11H2,1H3. The Morgan fingerprint density at radius 3 is 2.53 bits per heavy atom. The van der Waals surface area contributed by atoms with Gasteiger partial charge in [0.1, 0.15) is 0 Å². The van der Waals surface area contributed by atoms with Crippen LogP contribution in [0.5, 0.6) is 0 Å². The summed E-state index contributed by atoms with van der Waals surface area (Å²) in [5.41, 5.74) is 0.797. The molecule has 1 aromatic rings. The van der Waals surface area contributed by atoms with Crippen molar-refractivity contribution in [3.8, 4) is 0 Å². The molecule has 0 saturated heterocycles. The summed E-state index contributed by atoms with van der Waals surface area (Å²) >= 11 is 0. The fraction of sp³-hybridized carbons (Fsp3) is 0.533. The van der Waals surface area contributed by atoms with E-state index in [9.17, 15) is 9.00 Å². The molecule has 19 heavy (non-hydrogen) atoms. The molecule has 0 spiro atoms. The SMILES string of the molecule is CCOC(=O)C(c1ccccc1)S(=O)C1CCCC1. The van der Waals surface area contributed by atoms with Gasteiger partial charge in [-0.25, -0.2) is 0 Å². The normalized spacial score (nSPS) is 19.0. The van der Waals surface area contributed by atoms with Crippen LogP contribution in [-0.4, -0.2) is 22.0 Å². The molecule has 2 rings (SSSR count). The Bertz CT molecular complexity index is 438. The number of benzene rings is 1. The molecular weight excluding hydrogens is 260 g/mol. The summed E-state index contributed by atoms with van der Waals surface area (Å²) < 4.78 is 17.8. The van der Waals surface area contributed by atoms with E-state index in [0.29, 0.717) is 6.61 Å². The largest absolute Gasteiger partial charge is 0.465 e. The van der Waals surface area contributed by atoms with Gasteiger partial charge in [0.25, 0.3) is 0 Å². The van der Waals surface area contributed by atoms with Crippen molar-refractivity contribution in [2.75, 3.05) is 6.61 Å². The molecule has 104 valence electrons. The minimum Gasteiger partial charge on any atom is -0.465 e. The maximum Gasteiger partial charge on any atom is 0.326 e. The average molecular weight is 280 g/mol. The van der Waals surface area contributed by atoms with Crippen molar-refractivity contribution < 1.29 is 13.7 Å². The molecule has 1 saturated carbocycles. The van der Waals surface area contributed by atoms with Gasteiger partial charge in [0.05, 0.1) is 6.61 Å². The minimum atomic E-state index is -1.19. The fourth-order valence-corrected chi connectivity index (χ4v) is 4.39. The number of hydrogen-bond donors (Lipinski definition) is 0. The highest BCUT2D eigenvalue weighted by atomic mass is 32.2. The molecule has 0 aliphatic heterocycles. The lowest BCUT2D eigenvalue weighted by molar-refractivity contribution is -0.142. The Morgan fingerprint density at radius 2 is 1.95 bits per heavy atom. The third-order valence-corrected chi connectivity index (χ3v) is 5.52. The molecular formula is C15H20O3S. The molecule has 1 aromatic carbocycles. The van der Waals surface area contributed by atoms with Crippen LogP contribution in [0.15, 0.2) is 30.3 Å². The summed E-state index contributed by atoms with van der Waals surface area (Å²) in [5, 5.41) is -0.501. The quantitative estimate of drug-likeness (QED) is 0.779. The van der Waals surface area contributed by atoms with Crippen LogP contribution in [0.4, 0.5) is 0 Å². The molecule has 0 radical (unpaired) electrons. The van der Waals surface area contributed by atoms with Gasteiger partial charge >= 0.3 is 5.97 Å². The van der Waals surface area contributed by atoms with E-state index in [2.05, 4.69) is 0 Å². The van der Waals surface area contributed by atoms with Crippen molar-refractivity contribution >= 4 is 16.8 Å². The Labute approximate surface area is 116 Å². The van der Waals surface area contributed by atoms with Crippen molar-refractivity contribution in [3.63, 3.8) is 0 Å². The zero-order valence-corrected chi connectivity index (χ0v) is 12.0. The van der Waals surface area contributed by atoms with E-state index in [0.717, 1.165) is 31.2 Å². The fourth-order valence-electron chi connectivity index (χ4n) is 2.52. The van der Waals surface area contributed by atoms with E-state index in [-0.39, 0.29) is 11.2 Å². The van der Waals surface area contributed by atoms with E-state index in [4.69, 9.17) is 4.74 Å². The number of carbonyl (C=O) groups excluding carboxylic acids is 1. The molecule has 0 heterocycles. The van der Waals surface area contributed by atoms with E-state index in [1.807, 2.05) is 30.3 Å². The highest BCUT2D eigenvalue weighted by Crippen LogP contribution is 2.31.